The van der Waals surface area contributed by atoms with Crippen LogP contribution in [0.5, 0.6) is 5.75 Å². The molecule has 0 amide bonds. The number of alkyl halides is 1. The zero-order valence-corrected chi connectivity index (χ0v) is 16.5. The van der Waals surface area contributed by atoms with Gasteiger partial charge in [0, 0.05) is 14.5 Å². The van der Waals surface area contributed by atoms with Crippen LogP contribution in [0.2, 0.25) is 5.02 Å². The number of benzene rings is 2. The van der Waals surface area contributed by atoms with Crippen LogP contribution in [0, 0.1) is 13.8 Å². The van der Waals surface area contributed by atoms with Crippen LogP contribution >= 0.6 is 55.1 Å². The highest BCUT2D eigenvalue weighted by Crippen LogP contribution is 2.44. The summed E-state index contributed by atoms with van der Waals surface area (Å²) in [7, 11) is 1.66. The number of hydrogen-bond acceptors (Lipinski definition) is 1. The number of methoxy groups -OCH3 is 1. The van der Waals surface area contributed by atoms with E-state index < -0.39 is 0 Å². The van der Waals surface area contributed by atoms with Crippen molar-refractivity contribution in [2.24, 2.45) is 0 Å². The van der Waals surface area contributed by atoms with E-state index in [1.807, 2.05) is 38.1 Å². The van der Waals surface area contributed by atoms with E-state index in [-0.39, 0.29) is 5.38 Å². The lowest BCUT2D eigenvalue weighted by atomic mass is 9.96. The van der Waals surface area contributed by atoms with Gasteiger partial charge in [0.05, 0.1) is 17.5 Å². The summed E-state index contributed by atoms with van der Waals surface area (Å²) in [6, 6.07) is 7.78. The molecule has 2 aromatic carbocycles. The van der Waals surface area contributed by atoms with Crippen molar-refractivity contribution in [2.75, 3.05) is 7.11 Å². The summed E-state index contributed by atoms with van der Waals surface area (Å²) < 4.78 is 7.40. The second-order valence-electron chi connectivity index (χ2n) is 4.75. The minimum Gasteiger partial charge on any atom is -0.496 e. The second-order valence-corrected chi connectivity index (χ2v) is 7.28. The summed E-state index contributed by atoms with van der Waals surface area (Å²) in [5.41, 5.74) is 3.87. The average Bonchev–Trinajstić information content (AvgIpc) is 2.44. The molecule has 1 nitrogen and oxygen atoms in total. The maximum absolute atomic E-state index is 6.74. The van der Waals surface area contributed by atoms with Gasteiger partial charge in [-0.05, 0) is 58.6 Å². The zero-order chi connectivity index (χ0) is 15.7. The Bertz CT molecular complexity index is 686. The van der Waals surface area contributed by atoms with Crippen LogP contribution in [0.15, 0.2) is 33.2 Å². The van der Waals surface area contributed by atoms with Gasteiger partial charge >= 0.3 is 0 Å². The Labute approximate surface area is 151 Å². The lowest BCUT2D eigenvalue weighted by Crippen LogP contribution is -2.04. The summed E-state index contributed by atoms with van der Waals surface area (Å²) in [4.78, 5) is 0. The summed E-state index contributed by atoms with van der Waals surface area (Å²) >= 11 is 20.1. The molecule has 1 atom stereocenters. The van der Waals surface area contributed by atoms with Crippen molar-refractivity contribution in [1.82, 2.24) is 0 Å². The smallest absolute Gasteiger partial charge is 0.127 e. The van der Waals surface area contributed by atoms with Crippen LogP contribution < -0.4 is 4.74 Å². The van der Waals surface area contributed by atoms with Gasteiger partial charge in [0.25, 0.3) is 0 Å². The number of hydrogen-bond donors (Lipinski definition) is 0. The average molecular weight is 453 g/mol. The van der Waals surface area contributed by atoms with Crippen molar-refractivity contribution in [3.05, 3.63) is 60.5 Å². The topological polar surface area (TPSA) is 9.23 Å². The van der Waals surface area contributed by atoms with E-state index >= 15 is 0 Å². The first-order valence-electron chi connectivity index (χ1n) is 6.30. The minimum absolute atomic E-state index is 0.388. The van der Waals surface area contributed by atoms with Gasteiger partial charge in [-0.3, -0.25) is 0 Å². The lowest BCUT2D eigenvalue weighted by molar-refractivity contribution is 0.406. The Morgan fingerprint density at radius 3 is 2.43 bits per heavy atom. The first-order valence-corrected chi connectivity index (χ1v) is 8.70. The highest BCUT2D eigenvalue weighted by Gasteiger charge is 2.24. The summed E-state index contributed by atoms with van der Waals surface area (Å²) in [6.45, 7) is 4.02. The van der Waals surface area contributed by atoms with E-state index in [0.717, 1.165) is 36.9 Å². The van der Waals surface area contributed by atoms with Gasteiger partial charge in [-0.2, -0.15) is 0 Å². The highest BCUT2D eigenvalue weighted by molar-refractivity contribution is 9.10. The maximum Gasteiger partial charge on any atom is 0.127 e. The molecule has 2 rings (SSSR count). The Hall–Kier alpha value is -0.220. The third-order valence-corrected chi connectivity index (χ3v) is 6.01. The largest absolute Gasteiger partial charge is 0.496 e. The molecule has 2 aromatic rings. The summed E-state index contributed by atoms with van der Waals surface area (Å²) in [5.74, 6) is 0.798. The van der Waals surface area contributed by atoms with E-state index in [9.17, 15) is 0 Å². The first-order chi connectivity index (χ1) is 9.88. The first kappa shape index (κ1) is 17.1. The van der Waals surface area contributed by atoms with Crippen LogP contribution in [-0.2, 0) is 0 Å². The molecule has 112 valence electrons. The molecule has 0 aliphatic rings. The Morgan fingerprint density at radius 1 is 1.14 bits per heavy atom. The molecule has 0 bridgehead atoms. The predicted molar refractivity (Wildman–Crippen MR) is 97.0 cm³/mol. The van der Waals surface area contributed by atoms with Gasteiger partial charge in [0.2, 0.25) is 0 Å². The lowest BCUT2D eigenvalue weighted by Gasteiger charge is -2.21. The fraction of sp³-hybridized carbons (Fsp3) is 0.250. The Balaban J connectivity index is 2.68. The van der Waals surface area contributed by atoms with Crippen molar-refractivity contribution in [3.63, 3.8) is 0 Å². The van der Waals surface area contributed by atoms with Gasteiger partial charge in [0.1, 0.15) is 5.75 Å². The second kappa shape index (κ2) is 6.91. The van der Waals surface area contributed by atoms with E-state index in [1.54, 1.807) is 7.11 Å². The van der Waals surface area contributed by atoms with Gasteiger partial charge in [-0.25, -0.2) is 0 Å². The van der Waals surface area contributed by atoms with Crippen molar-refractivity contribution < 1.29 is 4.74 Å². The molecule has 0 saturated heterocycles. The number of rotatable bonds is 3. The molecule has 0 saturated carbocycles. The highest BCUT2D eigenvalue weighted by atomic mass is 79.9. The van der Waals surface area contributed by atoms with Crippen LogP contribution in [0.3, 0.4) is 0 Å². The Morgan fingerprint density at radius 2 is 1.81 bits per heavy atom. The quantitative estimate of drug-likeness (QED) is 0.464. The van der Waals surface area contributed by atoms with Crippen molar-refractivity contribution in [1.29, 1.82) is 0 Å². The molecule has 0 radical (unpaired) electrons. The normalized spacial score (nSPS) is 12.3. The fourth-order valence-electron chi connectivity index (χ4n) is 2.32. The van der Waals surface area contributed by atoms with Crippen molar-refractivity contribution in [3.8, 4) is 5.75 Å². The zero-order valence-electron chi connectivity index (χ0n) is 11.8. The molecule has 0 fully saturated rings. The third-order valence-electron chi connectivity index (χ3n) is 3.42. The molecule has 0 aliphatic heterocycles. The SMILES string of the molecule is COc1c(C)cc(Br)c(C)c1C(Cl)c1cccc(Br)c1Cl. The summed E-state index contributed by atoms with van der Waals surface area (Å²) in [5, 5.41) is 0.234. The van der Waals surface area contributed by atoms with Crippen molar-refractivity contribution >= 4 is 55.1 Å². The third kappa shape index (κ3) is 3.26. The number of halogens is 4. The molecule has 0 aromatic heterocycles. The van der Waals surface area contributed by atoms with Gasteiger partial charge in [-0.1, -0.05) is 39.7 Å². The summed E-state index contributed by atoms with van der Waals surface area (Å²) in [6.07, 6.45) is 0. The molecule has 0 spiro atoms. The monoisotopic (exact) mass is 450 g/mol. The molecule has 1 unspecified atom stereocenters. The van der Waals surface area contributed by atoms with E-state index in [1.165, 1.54) is 0 Å². The van der Waals surface area contributed by atoms with E-state index in [0.29, 0.717) is 5.02 Å². The fourth-order valence-corrected chi connectivity index (χ4v) is 4.00. The minimum atomic E-state index is -0.388. The van der Waals surface area contributed by atoms with Crippen LogP contribution in [-0.4, -0.2) is 7.11 Å². The van der Waals surface area contributed by atoms with Crippen LogP contribution in [0.4, 0.5) is 0 Å². The maximum atomic E-state index is 6.74. The molecular formula is C16H14Br2Cl2O. The number of aryl methyl sites for hydroxylation is 1. The van der Waals surface area contributed by atoms with Gasteiger partial charge in [-0.15, -0.1) is 11.6 Å². The molecule has 21 heavy (non-hydrogen) atoms. The predicted octanol–water partition coefficient (Wildman–Crippen LogP) is 6.82. The molecule has 5 heteroatoms. The molecular weight excluding hydrogens is 439 g/mol. The van der Waals surface area contributed by atoms with Crippen molar-refractivity contribution in [2.45, 2.75) is 19.2 Å². The van der Waals surface area contributed by atoms with Crippen LogP contribution in [0.1, 0.15) is 27.6 Å². The van der Waals surface area contributed by atoms with Gasteiger partial charge < -0.3 is 4.74 Å². The Kier molecular flexibility index (Phi) is 5.64. The standard InChI is InChI=1S/C16H14Br2Cl2O/c1-8-7-12(18)9(2)13(16(8)21-3)15(20)10-5-4-6-11(17)14(10)19/h4-7,15H,1-3H3. The van der Waals surface area contributed by atoms with Gasteiger partial charge in [0.15, 0.2) is 0 Å². The van der Waals surface area contributed by atoms with Crippen LogP contribution in [0.25, 0.3) is 0 Å². The van der Waals surface area contributed by atoms with E-state index in [2.05, 4.69) is 31.9 Å². The van der Waals surface area contributed by atoms with E-state index in [4.69, 9.17) is 27.9 Å². The molecule has 0 aliphatic carbocycles. The molecule has 0 heterocycles. The number of ether oxygens (including phenoxy) is 1. The molecule has 0 N–H and O–H groups in total.